The summed E-state index contributed by atoms with van der Waals surface area (Å²) in [7, 11) is 8.53. The average Bonchev–Trinajstić information content (AvgIpc) is 3.19. The second-order valence-electron chi connectivity index (χ2n) is 13.8. The molecule has 290 valence electrons. The molecule has 5 aromatic carbocycles. The highest BCUT2D eigenvalue weighted by Gasteiger charge is 2.24. The summed E-state index contributed by atoms with van der Waals surface area (Å²) in [6, 6.07) is 21.1. The molecule has 6 rings (SSSR count). The molecule has 0 saturated carbocycles. The molecule has 0 atom stereocenters. The maximum absolute atomic E-state index is 6.57. The Balaban J connectivity index is 1.71. The van der Waals surface area contributed by atoms with Gasteiger partial charge in [-0.05, 0) is 83.5 Å². The summed E-state index contributed by atoms with van der Waals surface area (Å²) in [5.74, 6) is 5.49. The maximum atomic E-state index is 6.57. The van der Waals surface area contributed by atoms with Crippen molar-refractivity contribution in [1.82, 2.24) is 0 Å². The monoisotopic (exact) mass is 840 g/mol. The summed E-state index contributed by atoms with van der Waals surface area (Å²) in [4.78, 5) is 0. The van der Waals surface area contributed by atoms with E-state index in [2.05, 4.69) is 60.7 Å². The topological polar surface area (TPSA) is 46.2 Å². The van der Waals surface area contributed by atoms with E-state index in [1.165, 1.54) is 0 Å². The molecule has 1 aliphatic carbocycles. The number of halogens is 5. The second-order valence-corrected chi connectivity index (χ2v) is 15.1. The molecule has 0 heterocycles. The first-order valence-electron chi connectivity index (χ1n) is 18.0. The Morgan fingerprint density at radius 3 is 0.509 bits per heavy atom. The lowest BCUT2D eigenvalue weighted by atomic mass is 9.88. The molecule has 0 fully saturated rings. The number of benzene rings is 5. The minimum atomic E-state index is 0.330. The molecule has 0 amide bonds. The third-order valence-corrected chi connectivity index (χ3v) is 11.8. The van der Waals surface area contributed by atoms with Crippen LogP contribution in [-0.2, 0) is 61.5 Å². The van der Waals surface area contributed by atoms with Crippen LogP contribution in [0.2, 0.25) is 0 Å². The van der Waals surface area contributed by atoms with Crippen molar-refractivity contribution in [1.29, 1.82) is 0 Å². The summed E-state index contributed by atoms with van der Waals surface area (Å²) >= 11 is 32.9. The van der Waals surface area contributed by atoms with Gasteiger partial charge in [-0.2, -0.15) is 0 Å². The number of alkyl halides is 5. The van der Waals surface area contributed by atoms with Crippen molar-refractivity contribution in [2.24, 2.45) is 0 Å². The fraction of sp³-hybridized carbons (Fsp3) is 0.333. The quantitative estimate of drug-likeness (QED) is 0.129. The Labute approximate surface area is 349 Å². The van der Waals surface area contributed by atoms with Crippen molar-refractivity contribution in [3.05, 3.63) is 144 Å². The molecule has 0 unspecified atom stereocenters. The lowest BCUT2D eigenvalue weighted by molar-refractivity contribution is 0.395. The van der Waals surface area contributed by atoms with Gasteiger partial charge in [0.2, 0.25) is 0 Å². The summed E-state index contributed by atoms with van der Waals surface area (Å²) in [6.07, 6.45) is 2.61. The first kappa shape index (κ1) is 41.2. The van der Waals surface area contributed by atoms with Gasteiger partial charge in [-0.25, -0.2) is 0 Å². The van der Waals surface area contributed by atoms with Gasteiger partial charge < -0.3 is 23.7 Å². The minimum Gasteiger partial charge on any atom is -0.496 e. The zero-order chi connectivity index (χ0) is 39.2. The lowest BCUT2D eigenvalue weighted by Gasteiger charge is -2.23. The Morgan fingerprint density at radius 2 is 0.418 bits per heavy atom. The van der Waals surface area contributed by atoms with E-state index < -0.39 is 0 Å². The van der Waals surface area contributed by atoms with Crippen LogP contribution in [0.15, 0.2) is 60.7 Å². The van der Waals surface area contributed by atoms with Gasteiger partial charge in [0.05, 0.1) is 35.5 Å². The molecule has 10 bridgehead atoms. The van der Waals surface area contributed by atoms with Crippen LogP contribution in [-0.4, -0.2) is 35.5 Å². The summed E-state index contributed by atoms with van der Waals surface area (Å²) in [5, 5.41) is 0. The van der Waals surface area contributed by atoms with Crippen LogP contribution in [0.3, 0.4) is 0 Å². The number of ether oxygens (including phenoxy) is 5. The van der Waals surface area contributed by atoms with Gasteiger partial charge in [-0.3, -0.25) is 0 Å². The second kappa shape index (κ2) is 18.7. The fourth-order valence-corrected chi connectivity index (χ4v) is 8.94. The van der Waals surface area contributed by atoms with Crippen LogP contribution >= 0.6 is 58.0 Å². The van der Waals surface area contributed by atoms with Gasteiger partial charge in [-0.1, -0.05) is 60.7 Å². The normalized spacial score (nSPS) is 12.5. The van der Waals surface area contributed by atoms with Gasteiger partial charge in [0.1, 0.15) is 28.7 Å². The average molecular weight is 843 g/mol. The molecule has 1 aliphatic rings. The van der Waals surface area contributed by atoms with Crippen LogP contribution in [0, 0.1) is 0 Å². The van der Waals surface area contributed by atoms with E-state index in [0.717, 1.165) is 112 Å². The molecule has 0 aliphatic heterocycles. The molecule has 55 heavy (non-hydrogen) atoms. The smallest absolute Gasteiger partial charge is 0.125 e. The zero-order valence-corrected chi connectivity index (χ0v) is 35.6. The Bertz CT molecular complexity index is 1710. The molecule has 0 saturated heterocycles. The predicted octanol–water partition coefficient (Wildman–Crippen LogP) is 11.7. The van der Waals surface area contributed by atoms with Crippen molar-refractivity contribution in [2.75, 3.05) is 35.5 Å². The van der Waals surface area contributed by atoms with E-state index in [4.69, 9.17) is 81.7 Å². The summed E-state index contributed by atoms with van der Waals surface area (Å²) in [6.45, 7) is 0. The van der Waals surface area contributed by atoms with E-state index >= 15 is 0 Å². The van der Waals surface area contributed by atoms with Gasteiger partial charge in [0.25, 0.3) is 0 Å². The maximum Gasteiger partial charge on any atom is 0.125 e. The van der Waals surface area contributed by atoms with Gasteiger partial charge in [0, 0.05) is 61.5 Å². The first-order valence-corrected chi connectivity index (χ1v) is 20.6. The number of methoxy groups -OCH3 is 5. The molecular formula is C45H45Cl5O5. The standard InChI is InChI=1S/C45H45Cl5O5/c1-51-41-31-6-26(21-46)7-32(41)17-34-9-28(23-48)11-36(43(34)53-3)19-38-13-30(25-50)15-40(45(38)55-5)20-39-14-29(24-49)12-37(44(39)54-4)18-35-10-27(22-47)8-33(16-31)42(35)52-2/h6-15H,16-25H2,1-5H3. The van der Waals surface area contributed by atoms with E-state index in [1.54, 1.807) is 35.5 Å². The molecule has 10 heteroatoms. The third kappa shape index (κ3) is 8.77. The number of hydrogen-bond donors (Lipinski definition) is 0. The van der Waals surface area contributed by atoms with E-state index in [-0.39, 0.29) is 0 Å². The van der Waals surface area contributed by atoms with Crippen molar-refractivity contribution < 1.29 is 23.7 Å². The predicted molar refractivity (Wildman–Crippen MR) is 227 cm³/mol. The van der Waals surface area contributed by atoms with Crippen LogP contribution in [0.5, 0.6) is 28.7 Å². The highest BCUT2D eigenvalue weighted by atomic mass is 35.5. The van der Waals surface area contributed by atoms with Gasteiger partial charge >= 0.3 is 0 Å². The van der Waals surface area contributed by atoms with E-state index in [1.807, 2.05) is 0 Å². The Morgan fingerprint density at radius 1 is 0.291 bits per heavy atom. The highest BCUT2D eigenvalue weighted by Crippen LogP contribution is 2.41. The first-order chi connectivity index (χ1) is 26.7. The minimum absolute atomic E-state index is 0.330. The lowest BCUT2D eigenvalue weighted by Crippen LogP contribution is -2.08. The number of rotatable bonds is 10. The number of hydrogen-bond acceptors (Lipinski definition) is 5. The van der Waals surface area contributed by atoms with Crippen LogP contribution in [0.4, 0.5) is 0 Å². The van der Waals surface area contributed by atoms with Crippen LogP contribution < -0.4 is 23.7 Å². The fourth-order valence-electron chi connectivity index (χ4n) is 8.17. The molecule has 0 radical (unpaired) electrons. The van der Waals surface area contributed by atoms with E-state index in [0.29, 0.717) is 61.5 Å². The van der Waals surface area contributed by atoms with Crippen LogP contribution in [0.1, 0.15) is 83.5 Å². The summed E-state index contributed by atoms with van der Waals surface area (Å²) in [5.41, 5.74) is 14.7. The molecule has 0 aromatic heterocycles. The third-order valence-electron chi connectivity index (χ3n) is 10.2. The Hall–Kier alpha value is -3.45. The number of fused-ring (bicyclic) bond motifs is 10. The molecule has 0 N–H and O–H groups in total. The van der Waals surface area contributed by atoms with Gasteiger partial charge in [0.15, 0.2) is 0 Å². The Kier molecular flexibility index (Phi) is 14.0. The molecule has 5 nitrogen and oxygen atoms in total. The van der Waals surface area contributed by atoms with E-state index in [9.17, 15) is 0 Å². The molecule has 0 spiro atoms. The van der Waals surface area contributed by atoms with Crippen molar-refractivity contribution in [3.8, 4) is 28.7 Å². The largest absolute Gasteiger partial charge is 0.496 e. The van der Waals surface area contributed by atoms with Crippen molar-refractivity contribution >= 4 is 58.0 Å². The molecule has 5 aromatic rings. The van der Waals surface area contributed by atoms with Crippen molar-refractivity contribution in [2.45, 2.75) is 61.5 Å². The van der Waals surface area contributed by atoms with Gasteiger partial charge in [-0.15, -0.1) is 58.0 Å². The summed E-state index contributed by atoms with van der Waals surface area (Å²) < 4.78 is 31.1. The molecular weight excluding hydrogens is 798 g/mol. The van der Waals surface area contributed by atoms with Crippen LogP contribution in [0.25, 0.3) is 0 Å². The zero-order valence-electron chi connectivity index (χ0n) is 31.8. The van der Waals surface area contributed by atoms with Crippen molar-refractivity contribution in [3.63, 3.8) is 0 Å². The SMILES string of the molecule is COc1c2cc(CCl)cc1Cc1cc(CCl)cc(c1OC)Cc1cc(CCl)cc(c1OC)Cc1cc(CCl)cc(c1OC)Cc1cc(CCl)cc(c1OC)C2. The highest BCUT2D eigenvalue weighted by molar-refractivity contribution is 6.18.